The van der Waals surface area contributed by atoms with Crippen molar-refractivity contribution in [1.29, 1.82) is 0 Å². The van der Waals surface area contributed by atoms with Crippen molar-refractivity contribution in [2.75, 3.05) is 0 Å². The molecule has 0 saturated heterocycles. The highest BCUT2D eigenvalue weighted by molar-refractivity contribution is 6.34. The van der Waals surface area contributed by atoms with Crippen LogP contribution in [0.3, 0.4) is 0 Å². The molecule has 0 radical (unpaired) electrons. The van der Waals surface area contributed by atoms with Gasteiger partial charge in [0.1, 0.15) is 0 Å². The summed E-state index contributed by atoms with van der Waals surface area (Å²) in [5.74, 6) is -0.294. The van der Waals surface area contributed by atoms with Crippen molar-refractivity contribution in [3.8, 4) is 0 Å². The number of unbranched alkanes of at least 4 members (excludes halogenated alkanes) is 3. The van der Waals surface area contributed by atoms with Gasteiger partial charge >= 0.3 is 0 Å². The molecule has 116 valence electrons. The fourth-order valence-electron chi connectivity index (χ4n) is 2.05. The van der Waals surface area contributed by atoms with Gasteiger partial charge in [0.05, 0.1) is 15.5 Å². The predicted molar refractivity (Wildman–Crippen MR) is 83.8 cm³/mol. The molecule has 0 aliphatic carbocycles. The van der Waals surface area contributed by atoms with Gasteiger partial charge in [0.15, 0.2) is 0 Å². The molecule has 0 aromatic heterocycles. The van der Waals surface area contributed by atoms with Crippen LogP contribution in [-0.2, 0) is 0 Å². The summed E-state index contributed by atoms with van der Waals surface area (Å²) in [4.78, 5) is 22.2. The van der Waals surface area contributed by atoms with Gasteiger partial charge in [-0.1, -0.05) is 44.2 Å². The van der Waals surface area contributed by atoms with Crippen LogP contribution in [0.1, 0.15) is 56.3 Å². The molecule has 1 amide bonds. The SMILES string of the molecule is CCCCCCC(C)NC(=O)c1ccc([N+](=O)[O-])cc1Cl. The third-order valence-electron chi connectivity index (χ3n) is 3.28. The number of benzene rings is 1. The normalized spacial score (nSPS) is 12.0. The van der Waals surface area contributed by atoms with E-state index in [0.29, 0.717) is 0 Å². The fraction of sp³-hybridized carbons (Fsp3) is 0.533. The lowest BCUT2D eigenvalue weighted by Gasteiger charge is -2.14. The van der Waals surface area contributed by atoms with Crippen LogP contribution in [0, 0.1) is 10.1 Å². The van der Waals surface area contributed by atoms with Crippen molar-refractivity contribution in [3.63, 3.8) is 0 Å². The highest BCUT2D eigenvalue weighted by Crippen LogP contribution is 2.22. The van der Waals surface area contributed by atoms with Gasteiger partial charge in [0, 0.05) is 18.2 Å². The van der Waals surface area contributed by atoms with E-state index in [2.05, 4.69) is 12.2 Å². The molecule has 1 aromatic carbocycles. The number of carbonyl (C=O) groups is 1. The number of rotatable bonds is 8. The van der Waals surface area contributed by atoms with Gasteiger partial charge in [-0.25, -0.2) is 0 Å². The predicted octanol–water partition coefficient (Wildman–Crippen LogP) is 4.34. The summed E-state index contributed by atoms with van der Waals surface area (Å²) in [6.07, 6.45) is 5.53. The molecular weight excluding hydrogens is 292 g/mol. The molecule has 1 rings (SSSR count). The van der Waals surface area contributed by atoms with Gasteiger partial charge in [-0.05, 0) is 19.4 Å². The average Bonchev–Trinajstić information content (AvgIpc) is 2.43. The molecule has 21 heavy (non-hydrogen) atoms. The summed E-state index contributed by atoms with van der Waals surface area (Å²) in [6, 6.07) is 3.93. The van der Waals surface area contributed by atoms with Crippen molar-refractivity contribution in [2.24, 2.45) is 0 Å². The Kier molecular flexibility index (Phi) is 7.15. The molecule has 0 fully saturated rings. The van der Waals surface area contributed by atoms with Crippen LogP contribution in [0.15, 0.2) is 18.2 Å². The Morgan fingerprint density at radius 1 is 1.38 bits per heavy atom. The molecule has 1 aromatic rings. The first kappa shape index (κ1) is 17.4. The largest absolute Gasteiger partial charge is 0.350 e. The molecule has 0 saturated carbocycles. The second-order valence-corrected chi connectivity index (χ2v) is 5.55. The van der Waals surface area contributed by atoms with Crippen LogP contribution in [0.25, 0.3) is 0 Å². The molecule has 6 heteroatoms. The second kappa shape index (κ2) is 8.62. The number of carbonyl (C=O) groups excluding carboxylic acids is 1. The van der Waals surface area contributed by atoms with E-state index in [-0.39, 0.29) is 28.2 Å². The van der Waals surface area contributed by atoms with Crippen molar-refractivity contribution in [3.05, 3.63) is 38.9 Å². The number of halogens is 1. The van der Waals surface area contributed by atoms with E-state index in [1.54, 1.807) is 0 Å². The summed E-state index contributed by atoms with van der Waals surface area (Å²) in [6.45, 7) is 4.10. The van der Waals surface area contributed by atoms with E-state index in [1.807, 2.05) is 6.92 Å². The fourth-order valence-corrected chi connectivity index (χ4v) is 2.31. The number of non-ortho nitro benzene ring substituents is 1. The molecule has 0 heterocycles. The summed E-state index contributed by atoms with van der Waals surface area (Å²) < 4.78 is 0. The summed E-state index contributed by atoms with van der Waals surface area (Å²) in [7, 11) is 0. The maximum absolute atomic E-state index is 12.1. The van der Waals surface area contributed by atoms with Crippen LogP contribution in [0.4, 0.5) is 5.69 Å². The third-order valence-corrected chi connectivity index (χ3v) is 3.59. The zero-order chi connectivity index (χ0) is 15.8. The monoisotopic (exact) mass is 312 g/mol. The van der Waals surface area contributed by atoms with Crippen molar-refractivity contribution in [1.82, 2.24) is 5.32 Å². The minimum atomic E-state index is -0.538. The van der Waals surface area contributed by atoms with Crippen molar-refractivity contribution < 1.29 is 9.72 Å². The number of nitrogens with zero attached hydrogens (tertiary/aromatic N) is 1. The average molecular weight is 313 g/mol. The zero-order valence-corrected chi connectivity index (χ0v) is 13.2. The minimum Gasteiger partial charge on any atom is -0.350 e. The maximum Gasteiger partial charge on any atom is 0.270 e. The molecular formula is C15H21ClN2O3. The van der Waals surface area contributed by atoms with E-state index in [4.69, 9.17) is 11.6 Å². The van der Waals surface area contributed by atoms with Crippen LogP contribution >= 0.6 is 11.6 Å². The van der Waals surface area contributed by atoms with E-state index in [0.717, 1.165) is 19.3 Å². The third kappa shape index (κ3) is 5.71. The first-order valence-corrected chi connectivity index (χ1v) is 7.58. The first-order valence-electron chi connectivity index (χ1n) is 7.20. The van der Waals surface area contributed by atoms with Gasteiger partial charge in [0.25, 0.3) is 11.6 Å². The second-order valence-electron chi connectivity index (χ2n) is 5.15. The van der Waals surface area contributed by atoms with Crippen LogP contribution in [0.5, 0.6) is 0 Å². The van der Waals surface area contributed by atoms with Crippen molar-refractivity contribution in [2.45, 2.75) is 52.0 Å². The van der Waals surface area contributed by atoms with Crippen LogP contribution < -0.4 is 5.32 Å². The van der Waals surface area contributed by atoms with Gasteiger partial charge < -0.3 is 5.32 Å². The number of hydrogen-bond acceptors (Lipinski definition) is 3. The molecule has 1 N–H and O–H groups in total. The minimum absolute atomic E-state index is 0.0561. The molecule has 5 nitrogen and oxygen atoms in total. The van der Waals surface area contributed by atoms with Crippen LogP contribution in [0.2, 0.25) is 5.02 Å². The molecule has 0 bridgehead atoms. The molecule has 0 aliphatic rings. The first-order chi connectivity index (χ1) is 9.95. The smallest absolute Gasteiger partial charge is 0.270 e. The number of nitrogens with one attached hydrogen (secondary N) is 1. The number of nitro benzene ring substituents is 1. The zero-order valence-electron chi connectivity index (χ0n) is 12.4. The Morgan fingerprint density at radius 3 is 2.67 bits per heavy atom. The van der Waals surface area contributed by atoms with Gasteiger partial charge in [-0.3, -0.25) is 14.9 Å². The maximum atomic E-state index is 12.1. The number of nitro groups is 1. The Hall–Kier alpha value is -1.62. The summed E-state index contributed by atoms with van der Waals surface area (Å²) >= 11 is 5.93. The molecule has 0 aliphatic heterocycles. The topological polar surface area (TPSA) is 72.2 Å². The van der Waals surface area contributed by atoms with E-state index < -0.39 is 4.92 Å². The van der Waals surface area contributed by atoms with Crippen LogP contribution in [-0.4, -0.2) is 16.9 Å². The highest BCUT2D eigenvalue weighted by Gasteiger charge is 2.16. The summed E-state index contributed by atoms with van der Waals surface area (Å²) in [5.41, 5.74) is 0.145. The molecule has 1 atom stereocenters. The van der Waals surface area contributed by atoms with Gasteiger partial charge in [-0.2, -0.15) is 0 Å². The Labute approximate surface area is 129 Å². The van der Waals surface area contributed by atoms with E-state index >= 15 is 0 Å². The van der Waals surface area contributed by atoms with E-state index in [9.17, 15) is 14.9 Å². The Balaban J connectivity index is 2.57. The Bertz CT molecular complexity index is 506. The van der Waals surface area contributed by atoms with Gasteiger partial charge in [-0.15, -0.1) is 0 Å². The molecule has 1 unspecified atom stereocenters. The number of hydrogen-bond donors (Lipinski definition) is 1. The number of amides is 1. The van der Waals surface area contributed by atoms with Gasteiger partial charge in [0.2, 0.25) is 0 Å². The quantitative estimate of drug-likeness (QED) is 0.441. The molecule has 0 spiro atoms. The van der Waals surface area contributed by atoms with E-state index in [1.165, 1.54) is 31.0 Å². The lowest BCUT2D eigenvalue weighted by atomic mass is 10.1. The highest BCUT2D eigenvalue weighted by atomic mass is 35.5. The Morgan fingerprint density at radius 2 is 2.10 bits per heavy atom. The standard InChI is InChI=1S/C15H21ClN2O3/c1-3-4-5-6-7-11(2)17-15(19)13-9-8-12(18(20)21)10-14(13)16/h8-11H,3-7H2,1-2H3,(H,17,19). The summed E-state index contributed by atoms with van der Waals surface area (Å²) in [5, 5.41) is 13.6. The lowest BCUT2D eigenvalue weighted by Crippen LogP contribution is -2.32. The van der Waals surface area contributed by atoms with Crippen molar-refractivity contribution >= 4 is 23.2 Å². The lowest BCUT2D eigenvalue weighted by molar-refractivity contribution is -0.384.